The molecule has 1 aromatic carbocycles. The van der Waals surface area contributed by atoms with Gasteiger partial charge in [0, 0.05) is 25.4 Å². The largest absolute Gasteiger partial charge is 0.497 e. The molecule has 0 spiro atoms. The number of anilines is 1. The molecule has 0 saturated heterocycles. The van der Waals surface area contributed by atoms with Crippen LogP contribution in [0.4, 0.5) is 5.69 Å². The molecule has 7 heteroatoms. The fourth-order valence-corrected chi connectivity index (χ4v) is 1.60. The zero-order valence-electron chi connectivity index (χ0n) is 12.3. The number of hydrogen-bond donors (Lipinski definition) is 3. The molecule has 0 aliphatic heterocycles. The van der Waals surface area contributed by atoms with Crippen molar-refractivity contribution in [3.8, 4) is 5.75 Å². The summed E-state index contributed by atoms with van der Waals surface area (Å²) in [6, 6.07) is 6.63. The summed E-state index contributed by atoms with van der Waals surface area (Å²) in [5.41, 5.74) is -0.793. The Kier molecular flexibility index (Phi) is 6.13. The molecule has 2 amide bonds. The maximum atomic E-state index is 11.7. The monoisotopic (exact) mass is 296 g/mol. The summed E-state index contributed by atoms with van der Waals surface area (Å²) in [6.45, 7) is 1.45. The van der Waals surface area contributed by atoms with Crippen LogP contribution in [0.1, 0.15) is 6.92 Å². The minimum atomic E-state index is -1.24. The maximum Gasteiger partial charge on any atom is 0.313 e. The van der Waals surface area contributed by atoms with Gasteiger partial charge >= 0.3 is 11.8 Å². The lowest BCUT2D eigenvalue weighted by Gasteiger charge is -2.22. The standard InChI is InChI=1S/C14H20N2O5/c1-14(19,9-20-2)8-15-12(17)13(18)16-10-5-4-6-11(7-10)21-3/h4-7,19H,8-9H2,1-3H3,(H,15,17)(H,16,18). The molecule has 0 aromatic heterocycles. The summed E-state index contributed by atoms with van der Waals surface area (Å²) in [4.78, 5) is 23.4. The minimum absolute atomic E-state index is 0.0464. The van der Waals surface area contributed by atoms with Gasteiger partial charge in [0.1, 0.15) is 11.4 Å². The zero-order valence-corrected chi connectivity index (χ0v) is 12.3. The summed E-state index contributed by atoms with van der Waals surface area (Å²) in [6.07, 6.45) is 0. The van der Waals surface area contributed by atoms with Crippen LogP contribution in [0.15, 0.2) is 24.3 Å². The molecule has 1 aromatic rings. The summed E-state index contributed by atoms with van der Waals surface area (Å²) >= 11 is 0. The second-order valence-electron chi connectivity index (χ2n) is 4.80. The van der Waals surface area contributed by atoms with Gasteiger partial charge in [0.25, 0.3) is 0 Å². The Morgan fingerprint density at radius 2 is 2.00 bits per heavy atom. The lowest BCUT2D eigenvalue weighted by Crippen LogP contribution is -2.46. The van der Waals surface area contributed by atoms with Crippen LogP contribution < -0.4 is 15.4 Å². The Labute approximate surface area is 123 Å². The Morgan fingerprint density at radius 3 is 2.62 bits per heavy atom. The van der Waals surface area contributed by atoms with E-state index in [1.54, 1.807) is 24.3 Å². The Hall–Kier alpha value is -2.12. The van der Waals surface area contributed by atoms with E-state index in [9.17, 15) is 14.7 Å². The van der Waals surface area contributed by atoms with Gasteiger partial charge in [0.15, 0.2) is 0 Å². The third-order valence-electron chi connectivity index (χ3n) is 2.62. The number of rotatable bonds is 6. The molecule has 1 atom stereocenters. The molecule has 21 heavy (non-hydrogen) atoms. The second-order valence-corrected chi connectivity index (χ2v) is 4.80. The Morgan fingerprint density at radius 1 is 1.29 bits per heavy atom. The molecule has 0 bridgehead atoms. The molecule has 1 rings (SSSR count). The van der Waals surface area contributed by atoms with Crippen molar-refractivity contribution in [1.29, 1.82) is 0 Å². The third-order valence-corrected chi connectivity index (χ3v) is 2.62. The number of methoxy groups -OCH3 is 2. The van der Waals surface area contributed by atoms with Gasteiger partial charge in [-0.2, -0.15) is 0 Å². The molecule has 116 valence electrons. The third kappa shape index (κ3) is 5.80. The van der Waals surface area contributed by atoms with Crippen molar-refractivity contribution in [3.63, 3.8) is 0 Å². The normalized spacial score (nSPS) is 13.1. The van der Waals surface area contributed by atoms with E-state index in [0.29, 0.717) is 11.4 Å². The quantitative estimate of drug-likeness (QED) is 0.649. The van der Waals surface area contributed by atoms with Crippen molar-refractivity contribution in [1.82, 2.24) is 5.32 Å². The van der Waals surface area contributed by atoms with Gasteiger partial charge in [0.05, 0.1) is 13.7 Å². The van der Waals surface area contributed by atoms with Crippen molar-refractivity contribution in [2.75, 3.05) is 32.7 Å². The summed E-state index contributed by atoms with van der Waals surface area (Å²) in [7, 11) is 2.94. The number of aliphatic hydroxyl groups is 1. The van der Waals surface area contributed by atoms with Crippen molar-refractivity contribution in [2.45, 2.75) is 12.5 Å². The van der Waals surface area contributed by atoms with Gasteiger partial charge in [-0.15, -0.1) is 0 Å². The molecular formula is C14H20N2O5. The van der Waals surface area contributed by atoms with Crippen molar-refractivity contribution >= 4 is 17.5 Å². The van der Waals surface area contributed by atoms with E-state index >= 15 is 0 Å². The molecular weight excluding hydrogens is 276 g/mol. The lowest BCUT2D eigenvalue weighted by atomic mass is 10.1. The molecule has 0 aliphatic carbocycles. The fraction of sp³-hybridized carbons (Fsp3) is 0.429. The molecule has 0 fully saturated rings. The van der Waals surface area contributed by atoms with E-state index in [0.717, 1.165) is 0 Å². The predicted octanol–water partition coefficient (Wildman–Crippen LogP) is 0.147. The Balaban J connectivity index is 2.53. The predicted molar refractivity (Wildman–Crippen MR) is 77.1 cm³/mol. The van der Waals surface area contributed by atoms with Gasteiger partial charge in [-0.05, 0) is 19.1 Å². The van der Waals surface area contributed by atoms with Gasteiger partial charge in [0.2, 0.25) is 0 Å². The number of nitrogens with one attached hydrogen (secondary N) is 2. The minimum Gasteiger partial charge on any atom is -0.497 e. The van der Waals surface area contributed by atoms with Crippen LogP contribution >= 0.6 is 0 Å². The van der Waals surface area contributed by atoms with E-state index < -0.39 is 17.4 Å². The van der Waals surface area contributed by atoms with Crippen molar-refractivity contribution in [2.24, 2.45) is 0 Å². The van der Waals surface area contributed by atoms with Gasteiger partial charge in [-0.25, -0.2) is 0 Å². The van der Waals surface area contributed by atoms with Crippen LogP contribution in [-0.2, 0) is 14.3 Å². The van der Waals surface area contributed by atoms with Crippen LogP contribution in [0.3, 0.4) is 0 Å². The highest BCUT2D eigenvalue weighted by Gasteiger charge is 2.23. The molecule has 0 heterocycles. The molecule has 0 radical (unpaired) electrons. The number of benzene rings is 1. The molecule has 0 saturated carbocycles. The topological polar surface area (TPSA) is 96.9 Å². The lowest BCUT2D eigenvalue weighted by molar-refractivity contribution is -0.137. The van der Waals surface area contributed by atoms with E-state index in [-0.39, 0.29) is 13.2 Å². The first-order valence-electron chi connectivity index (χ1n) is 6.32. The number of carbonyl (C=O) groups is 2. The highest BCUT2D eigenvalue weighted by Crippen LogP contribution is 2.16. The summed E-state index contributed by atoms with van der Waals surface area (Å²) in [5.74, 6) is -1.10. The van der Waals surface area contributed by atoms with E-state index in [1.807, 2.05) is 0 Å². The average molecular weight is 296 g/mol. The number of carbonyl (C=O) groups excluding carboxylic acids is 2. The van der Waals surface area contributed by atoms with Crippen molar-refractivity contribution < 1.29 is 24.2 Å². The number of ether oxygens (including phenoxy) is 2. The molecule has 7 nitrogen and oxygen atoms in total. The molecule has 0 aliphatic rings. The fourth-order valence-electron chi connectivity index (χ4n) is 1.60. The van der Waals surface area contributed by atoms with Gasteiger partial charge in [-0.1, -0.05) is 6.07 Å². The average Bonchev–Trinajstić information content (AvgIpc) is 2.45. The number of hydrogen-bond acceptors (Lipinski definition) is 5. The zero-order chi connectivity index (χ0) is 15.9. The van der Waals surface area contributed by atoms with Crippen molar-refractivity contribution in [3.05, 3.63) is 24.3 Å². The van der Waals surface area contributed by atoms with E-state index in [4.69, 9.17) is 9.47 Å². The second kappa shape index (κ2) is 7.61. The molecule has 1 unspecified atom stereocenters. The van der Waals surface area contributed by atoms with Crippen LogP contribution in [0.25, 0.3) is 0 Å². The van der Waals surface area contributed by atoms with Crippen LogP contribution in [-0.4, -0.2) is 49.9 Å². The molecule has 3 N–H and O–H groups in total. The van der Waals surface area contributed by atoms with Crippen LogP contribution in [0, 0.1) is 0 Å². The van der Waals surface area contributed by atoms with Gasteiger partial charge < -0.3 is 25.2 Å². The smallest absolute Gasteiger partial charge is 0.313 e. The highest BCUT2D eigenvalue weighted by atomic mass is 16.5. The first-order chi connectivity index (χ1) is 9.88. The van der Waals surface area contributed by atoms with Gasteiger partial charge in [-0.3, -0.25) is 9.59 Å². The SMILES string of the molecule is COCC(C)(O)CNC(=O)C(=O)Nc1cccc(OC)c1. The summed E-state index contributed by atoms with van der Waals surface area (Å²) < 4.78 is 9.82. The highest BCUT2D eigenvalue weighted by molar-refractivity contribution is 6.39. The first kappa shape index (κ1) is 16.9. The van der Waals surface area contributed by atoms with E-state index in [1.165, 1.54) is 21.1 Å². The Bertz CT molecular complexity index is 502. The first-order valence-corrected chi connectivity index (χ1v) is 6.32. The van der Waals surface area contributed by atoms with E-state index in [2.05, 4.69) is 10.6 Å². The van der Waals surface area contributed by atoms with Crippen LogP contribution in [0.5, 0.6) is 5.75 Å². The number of amides is 2. The summed E-state index contributed by atoms with van der Waals surface area (Å²) in [5, 5.41) is 14.6. The maximum absolute atomic E-state index is 11.7. The van der Waals surface area contributed by atoms with Crippen LogP contribution in [0.2, 0.25) is 0 Å².